The molecule has 1 amide bonds. The number of hydrogen-bond acceptors (Lipinski definition) is 2. The van der Waals surface area contributed by atoms with Crippen LogP contribution in [-0.2, 0) is 11.3 Å². The maximum Gasteiger partial charge on any atom is 0.216 e. The Labute approximate surface area is 114 Å². The average molecular weight is 262 g/mol. The molecule has 0 aliphatic heterocycles. The van der Waals surface area contributed by atoms with Gasteiger partial charge in [0.25, 0.3) is 0 Å². The van der Waals surface area contributed by atoms with E-state index < -0.39 is 0 Å². The van der Waals surface area contributed by atoms with Crippen molar-refractivity contribution in [2.24, 2.45) is 4.99 Å². The van der Waals surface area contributed by atoms with E-state index >= 15 is 0 Å². The van der Waals surface area contributed by atoms with Gasteiger partial charge in [0.15, 0.2) is 5.96 Å². The van der Waals surface area contributed by atoms with E-state index in [0.717, 1.165) is 12.5 Å². The first-order valence-electron chi connectivity index (χ1n) is 6.53. The summed E-state index contributed by atoms with van der Waals surface area (Å²) in [5.41, 5.74) is 1.17. The highest BCUT2D eigenvalue weighted by Gasteiger charge is 1.97. The van der Waals surface area contributed by atoms with E-state index in [2.05, 4.69) is 20.9 Å². The van der Waals surface area contributed by atoms with Crippen LogP contribution in [0.4, 0.5) is 0 Å². The molecule has 0 fully saturated rings. The van der Waals surface area contributed by atoms with Crippen molar-refractivity contribution in [1.82, 2.24) is 16.0 Å². The molecule has 0 saturated heterocycles. The summed E-state index contributed by atoms with van der Waals surface area (Å²) >= 11 is 0. The average Bonchev–Trinajstić information content (AvgIpc) is 2.41. The zero-order valence-electron chi connectivity index (χ0n) is 11.6. The van der Waals surface area contributed by atoms with Gasteiger partial charge in [0, 0.05) is 26.6 Å². The number of hydrogen-bond donors (Lipinski definition) is 3. The van der Waals surface area contributed by atoms with Gasteiger partial charge in [-0.1, -0.05) is 30.3 Å². The second-order valence-electron chi connectivity index (χ2n) is 4.09. The van der Waals surface area contributed by atoms with E-state index in [0.29, 0.717) is 19.6 Å². The summed E-state index contributed by atoms with van der Waals surface area (Å²) in [7, 11) is 0. The fourth-order valence-corrected chi connectivity index (χ4v) is 1.51. The normalized spacial score (nSPS) is 10.9. The molecule has 0 heterocycles. The summed E-state index contributed by atoms with van der Waals surface area (Å²) < 4.78 is 0. The number of amides is 1. The van der Waals surface area contributed by atoms with Crippen LogP contribution in [0.2, 0.25) is 0 Å². The van der Waals surface area contributed by atoms with Crippen LogP contribution in [0.5, 0.6) is 0 Å². The fourth-order valence-electron chi connectivity index (χ4n) is 1.51. The van der Waals surface area contributed by atoms with Crippen molar-refractivity contribution in [2.75, 3.05) is 19.6 Å². The van der Waals surface area contributed by atoms with Crippen LogP contribution in [0, 0.1) is 0 Å². The molecule has 0 radical (unpaired) electrons. The van der Waals surface area contributed by atoms with E-state index in [1.807, 2.05) is 37.3 Å². The Bertz CT molecular complexity index is 403. The van der Waals surface area contributed by atoms with Crippen LogP contribution in [0.3, 0.4) is 0 Å². The van der Waals surface area contributed by atoms with E-state index in [1.165, 1.54) is 12.5 Å². The molecule has 1 rings (SSSR count). The van der Waals surface area contributed by atoms with Gasteiger partial charge in [0.05, 0.1) is 6.54 Å². The van der Waals surface area contributed by atoms with Crippen LogP contribution >= 0.6 is 0 Å². The first-order chi connectivity index (χ1) is 9.22. The largest absolute Gasteiger partial charge is 0.357 e. The first-order valence-corrected chi connectivity index (χ1v) is 6.53. The zero-order chi connectivity index (χ0) is 13.9. The van der Waals surface area contributed by atoms with E-state index in [9.17, 15) is 4.79 Å². The molecule has 1 aromatic carbocycles. The van der Waals surface area contributed by atoms with Crippen LogP contribution in [-0.4, -0.2) is 31.5 Å². The van der Waals surface area contributed by atoms with Gasteiger partial charge in [-0.2, -0.15) is 0 Å². The lowest BCUT2D eigenvalue weighted by Gasteiger charge is -2.11. The molecule has 0 aliphatic carbocycles. The van der Waals surface area contributed by atoms with Crippen LogP contribution in [0.1, 0.15) is 19.4 Å². The highest BCUT2D eigenvalue weighted by molar-refractivity contribution is 5.79. The molecule has 104 valence electrons. The fraction of sp³-hybridized carbons (Fsp3) is 0.429. The Balaban J connectivity index is 2.40. The highest BCUT2D eigenvalue weighted by atomic mass is 16.1. The molecule has 3 N–H and O–H groups in total. The number of benzene rings is 1. The van der Waals surface area contributed by atoms with Crippen LogP contribution in [0.15, 0.2) is 35.3 Å². The molecular weight excluding hydrogens is 240 g/mol. The number of carbonyl (C=O) groups is 1. The highest BCUT2D eigenvalue weighted by Crippen LogP contribution is 1.99. The maximum atomic E-state index is 10.7. The van der Waals surface area contributed by atoms with Crippen molar-refractivity contribution in [3.8, 4) is 0 Å². The lowest BCUT2D eigenvalue weighted by Crippen LogP contribution is -2.41. The smallest absolute Gasteiger partial charge is 0.216 e. The lowest BCUT2D eigenvalue weighted by atomic mass is 10.2. The van der Waals surface area contributed by atoms with Crippen LogP contribution < -0.4 is 16.0 Å². The zero-order valence-corrected chi connectivity index (χ0v) is 11.6. The summed E-state index contributed by atoms with van der Waals surface area (Å²) in [6.45, 7) is 6.21. The standard InChI is InChI=1S/C14H22N4O/c1-3-15-14(17-10-9-16-12(2)19)18-11-13-7-5-4-6-8-13/h4-8H,3,9-11H2,1-2H3,(H,16,19)(H2,15,17,18). The SMILES string of the molecule is CCNC(=NCc1ccccc1)NCCNC(C)=O. The van der Waals surface area contributed by atoms with Crippen molar-refractivity contribution in [3.05, 3.63) is 35.9 Å². The Morgan fingerprint density at radius 3 is 2.42 bits per heavy atom. The third-order valence-electron chi connectivity index (χ3n) is 2.40. The van der Waals surface area contributed by atoms with Gasteiger partial charge in [-0.3, -0.25) is 4.79 Å². The minimum atomic E-state index is -0.0203. The van der Waals surface area contributed by atoms with Gasteiger partial charge in [0.2, 0.25) is 5.91 Å². The molecule has 19 heavy (non-hydrogen) atoms. The molecule has 0 aromatic heterocycles. The van der Waals surface area contributed by atoms with Crippen molar-refractivity contribution in [2.45, 2.75) is 20.4 Å². The second-order valence-corrected chi connectivity index (χ2v) is 4.09. The van der Waals surface area contributed by atoms with Crippen LogP contribution in [0.25, 0.3) is 0 Å². The topological polar surface area (TPSA) is 65.5 Å². The number of nitrogens with zero attached hydrogens (tertiary/aromatic N) is 1. The number of rotatable bonds is 6. The predicted molar refractivity (Wildman–Crippen MR) is 77.9 cm³/mol. The third kappa shape index (κ3) is 7.08. The van der Waals surface area contributed by atoms with E-state index in [1.54, 1.807) is 0 Å². The first kappa shape index (κ1) is 15.0. The van der Waals surface area contributed by atoms with Gasteiger partial charge >= 0.3 is 0 Å². The van der Waals surface area contributed by atoms with Gasteiger partial charge < -0.3 is 16.0 Å². The minimum absolute atomic E-state index is 0.0203. The molecule has 5 heteroatoms. The summed E-state index contributed by atoms with van der Waals surface area (Å²) in [6.07, 6.45) is 0. The molecular formula is C14H22N4O. The summed E-state index contributed by atoms with van der Waals surface area (Å²) in [4.78, 5) is 15.2. The Hall–Kier alpha value is -2.04. The minimum Gasteiger partial charge on any atom is -0.357 e. The molecule has 0 atom stereocenters. The number of nitrogens with one attached hydrogen (secondary N) is 3. The Kier molecular flexibility index (Phi) is 7.09. The molecule has 1 aromatic rings. The van der Waals surface area contributed by atoms with Gasteiger partial charge in [-0.25, -0.2) is 4.99 Å². The summed E-state index contributed by atoms with van der Waals surface area (Å²) in [5.74, 6) is 0.740. The van der Waals surface area contributed by atoms with Crippen molar-refractivity contribution in [1.29, 1.82) is 0 Å². The Morgan fingerprint density at radius 2 is 1.79 bits per heavy atom. The van der Waals surface area contributed by atoms with Crippen molar-refractivity contribution >= 4 is 11.9 Å². The van der Waals surface area contributed by atoms with E-state index in [-0.39, 0.29) is 5.91 Å². The summed E-state index contributed by atoms with van der Waals surface area (Å²) in [6, 6.07) is 10.1. The number of carbonyl (C=O) groups excluding carboxylic acids is 1. The summed E-state index contributed by atoms with van der Waals surface area (Å²) in [5, 5.41) is 9.07. The molecule has 0 saturated carbocycles. The lowest BCUT2D eigenvalue weighted by molar-refractivity contribution is -0.118. The molecule has 0 unspecified atom stereocenters. The molecule has 0 aliphatic rings. The Morgan fingerprint density at radius 1 is 1.11 bits per heavy atom. The maximum absolute atomic E-state index is 10.7. The molecule has 0 bridgehead atoms. The second kappa shape index (κ2) is 8.97. The van der Waals surface area contributed by atoms with E-state index in [4.69, 9.17) is 0 Å². The van der Waals surface area contributed by atoms with Gasteiger partial charge in [-0.05, 0) is 12.5 Å². The quantitative estimate of drug-likeness (QED) is 0.405. The number of aliphatic imine (C=N–C) groups is 1. The van der Waals surface area contributed by atoms with Crippen molar-refractivity contribution in [3.63, 3.8) is 0 Å². The third-order valence-corrected chi connectivity index (χ3v) is 2.40. The monoisotopic (exact) mass is 262 g/mol. The number of guanidine groups is 1. The van der Waals surface area contributed by atoms with Gasteiger partial charge in [0.1, 0.15) is 0 Å². The predicted octanol–water partition coefficient (Wildman–Crippen LogP) is 0.878. The molecule has 0 spiro atoms. The van der Waals surface area contributed by atoms with Crippen molar-refractivity contribution < 1.29 is 4.79 Å². The molecule has 5 nitrogen and oxygen atoms in total. The van der Waals surface area contributed by atoms with Gasteiger partial charge in [-0.15, -0.1) is 0 Å².